The molecule has 6 atom stereocenters. The van der Waals surface area contributed by atoms with E-state index in [9.17, 15) is 14.4 Å². The molecule has 4 aliphatic rings. The lowest BCUT2D eigenvalue weighted by atomic mass is 10.0. The van der Waals surface area contributed by atoms with Crippen LogP contribution in [-0.4, -0.2) is 82.5 Å². The zero-order valence-electron chi connectivity index (χ0n) is 20.6. The molecule has 11 heteroatoms. The second kappa shape index (κ2) is 14.2. The molecule has 4 fully saturated rings. The van der Waals surface area contributed by atoms with Gasteiger partial charge in [-0.3, -0.25) is 0 Å². The second-order valence-electron chi connectivity index (χ2n) is 9.58. The van der Waals surface area contributed by atoms with Crippen LogP contribution < -0.4 is 21.3 Å². The molecule has 0 saturated carbocycles. The van der Waals surface area contributed by atoms with Gasteiger partial charge in [0.25, 0.3) is 0 Å². The lowest BCUT2D eigenvalue weighted by Crippen LogP contribution is -2.36. The Balaban J connectivity index is 0.000000203. The van der Waals surface area contributed by atoms with E-state index in [0.717, 1.165) is 62.9 Å². The van der Waals surface area contributed by atoms with Crippen LogP contribution in [0, 0.1) is 0 Å². The Labute approximate surface area is 216 Å². The maximum atomic E-state index is 11.2. The van der Waals surface area contributed by atoms with Crippen LogP contribution in [0.25, 0.3) is 0 Å². The van der Waals surface area contributed by atoms with E-state index in [1.54, 1.807) is 6.92 Å². The van der Waals surface area contributed by atoms with E-state index in [0.29, 0.717) is 47.4 Å². The predicted octanol–water partition coefficient (Wildman–Crippen LogP) is 2.54. The largest absolute Gasteiger partial charge is 0.462 e. The number of aliphatic hydroxyl groups excluding tert-OH is 1. The van der Waals surface area contributed by atoms with Crippen LogP contribution in [0.5, 0.6) is 0 Å². The number of nitrogens with one attached hydrogen (secondary N) is 4. The van der Waals surface area contributed by atoms with Gasteiger partial charge in [-0.15, -0.1) is 0 Å². The number of carbonyl (C=O) groups is 3. The lowest BCUT2D eigenvalue weighted by Gasteiger charge is -2.16. The zero-order chi connectivity index (χ0) is 25.2. The highest BCUT2D eigenvalue weighted by Gasteiger charge is 2.43. The van der Waals surface area contributed by atoms with Gasteiger partial charge in [0.05, 0.1) is 30.8 Å². The van der Waals surface area contributed by atoms with Crippen LogP contribution >= 0.6 is 23.5 Å². The van der Waals surface area contributed by atoms with Gasteiger partial charge < -0.3 is 31.1 Å². The van der Waals surface area contributed by atoms with Crippen molar-refractivity contribution in [3.05, 3.63) is 12.2 Å². The fourth-order valence-electron chi connectivity index (χ4n) is 4.83. The minimum absolute atomic E-state index is 0.00865. The minimum atomic E-state index is -0.307. The lowest BCUT2D eigenvalue weighted by molar-refractivity contribution is -0.139. The fraction of sp³-hybridized carbons (Fsp3) is 0.792. The summed E-state index contributed by atoms with van der Waals surface area (Å²) in [5.74, 6) is 1.73. The van der Waals surface area contributed by atoms with Crippen molar-refractivity contribution < 1.29 is 24.2 Å². The molecule has 0 radical (unpaired) electrons. The Bertz CT molecular complexity index is 755. The second-order valence-corrected chi connectivity index (χ2v) is 12.1. The van der Waals surface area contributed by atoms with Crippen LogP contribution in [-0.2, 0) is 9.53 Å². The van der Waals surface area contributed by atoms with E-state index >= 15 is 0 Å². The van der Waals surface area contributed by atoms with E-state index in [1.165, 1.54) is 0 Å². The number of ether oxygens (including phenoxy) is 1. The molecule has 0 spiro atoms. The third kappa shape index (κ3) is 8.49. The van der Waals surface area contributed by atoms with Gasteiger partial charge in [0, 0.05) is 34.2 Å². The Morgan fingerprint density at radius 3 is 1.89 bits per heavy atom. The Kier molecular flexibility index (Phi) is 11.4. The molecule has 0 aliphatic carbocycles. The predicted molar refractivity (Wildman–Crippen MR) is 141 cm³/mol. The number of hydrogen-bond donors (Lipinski definition) is 5. The monoisotopic (exact) mass is 528 g/mol. The van der Waals surface area contributed by atoms with Crippen molar-refractivity contribution in [2.75, 3.05) is 24.7 Å². The number of unbranched alkanes of at least 4 members (excludes halogenated alkanes) is 4. The topological polar surface area (TPSA) is 129 Å². The Hall–Kier alpha value is -1.59. The molecule has 0 aromatic carbocycles. The molecule has 0 aromatic heterocycles. The average molecular weight is 529 g/mol. The first kappa shape index (κ1) is 28.0. The summed E-state index contributed by atoms with van der Waals surface area (Å²) < 4.78 is 5.05. The SMILES string of the molecule is C=C(C)C(=O)OCCCCC[C@@H]1SC[C@@H]2NC(=O)N[C@@H]21.O=C1N[C@H]2[C@H](CS[C@H]2CCCCCO)N1. The summed E-state index contributed by atoms with van der Waals surface area (Å²) in [6.45, 7) is 5.95. The maximum Gasteiger partial charge on any atom is 0.333 e. The zero-order valence-corrected chi connectivity index (χ0v) is 22.2. The molecule has 5 N–H and O–H groups in total. The molecule has 0 unspecified atom stereocenters. The molecule has 198 valence electrons. The minimum Gasteiger partial charge on any atom is -0.462 e. The number of carbonyl (C=O) groups excluding carboxylic acids is 3. The van der Waals surface area contributed by atoms with Crippen LogP contribution in [0.2, 0.25) is 0 Å². The molecule has 0 bridgehead atoms. The molecule has 4 aliphatic heterocycles. The number of esters is 1. The molecule has 4 heterocycles. The van der Waals surface area contributed by atoms with Crippen molar-refractivity contribution in [1.29, 1.82) is 0 Å². The van der Waals surface area contributed by atoms with Crippen molar-refractivity contribution in [3.63, 3.8) is 0 Å². The van der Waals surface area contributed by atoms with E-state index in [4.69, 9.17) is 9.84 Å². The normalized spacial score (nSPS) is 30.2. The average Bonchev–Trinajstić information content (AvgIpc) is 3.56. The van der Waals surface area contributed by atoms with Gasteiger partial charge in [-0.25, -0.2) is 14.4 Å². The quantitative estimate of drug-likeness (QED) is 0.114. The van der Waals surface area contributed by atoms with E-state index < -0.39 is 0 Å². The highest BCUT2D eigenvalue weighted by molar-refractivity contribution is 8.00. The highest BCUT2D eigenvalue weighted by Crippen LogP contribution is 2.34. The first-order chi connectivity index (χ1) is 16.9. The van der Waals surface area contributed by atoms with Crippen molar-refractivity contribution in [2.45, 2.75) is 93.0 Å². The first-order valence-corrected chi connectivity index (χ1v) is 14.8. The number of fused-ring (bicyclic) bond motifs is 2. The first-order valence-electron chi connectivity index (χ1n) is 12.7. The summed E-state index contributed by atoms with van der Waals surface area (Å²) in [7, 11) is 0. The van der Waals surface area contributed by atoms with Crippen LogP contribution in [0.15, 0.2) is 12.2 Å². The Morgan fingerprint density at radius 2 is 1.40 bits per heavy atom. The van der Waals surface area contributed by atoms with Gasteiger partial charge in [0.1, 0.15) is 0 Å². The summed E-state index contributed by atoms with van der Waals surface area (Å²) in [6, 6.07) is 1.22. The number of amides is 4. The molecule has 35 heavy (non-hydrogen) atoms. The smallest absolute Gasteiger partial charge is 0.333 e. The third-order valence-corrected chi connectivity index (χ3v) is 9.75. The molecule has 4 amide bonds. The van der Waals surface area contributed by atoms with Crippen molar-refractivity contribution in [3.8, 4) is 0 Å². The Morgan fingerprint density at radius 1 is 0.886 bits per heavy atom. The maximum absolute atomic E-state index is 11.2. The summed E-state index contributed by atoms with van der Waals surface area (Å²) in [5, 5.41) is 21.6. The fourth-order valence-corrected chi connectivity index (χ4v) is 7.92. The highest BCUT2D eigenvalue weighted by atomic mass is 32.2. The molecular weight excluding hydrogens is 488 g/mol. The van der Waals surface area contributed by atoms with Gasteiger partial charge in [-0.05, 0) is 32.6 Å². The van der Waals surface area contributed by atoms with E-state index in [-0.39, 0.29) is 24.1 Å². The summed E-state index contributed by atoms with van der Waals surface area (Å²) in [4.78, 5) is 33.5. The standard InChI is InChI=1S/C14H22N2O3S.C10H18N2O2S/c1-9(2)13(17)19-7-5-3-4-6-11-12-10(8-20-11)15-14(18)16-12;13-5-3-1-2-4-8-9-7(6-15-8)11-10(14)12-9/h10-12H,1,3-8H2,2H3,(H2,15,16,18);7-9,13H,1-6H2,(H2,11,12,14)/t10-,11-,12-;7-,8-,9-/m00/s1. The van der Waals surface area contributed by atoms with Gasteiger partial charge in [0.2, 0.25) is 0 Å². The molecule has 0 aromatic rings. The number of hydrogen-bond acceptors (Lipinski definition) is 7. The third-order valence-electron chi connectivity index (χ3n) is 6.74. The van der Waals surface area contributed by atoms with Crippen molar-refractivity contribution in [1.82, 2.24) is 21.3 Å². The van der Waals surface area contributed by atoms with Gasteiger partial charge >= 0.3 is 18.0 Å². The van der Waals surface area contributed by atoms with Crippen LogP contribution in [0.4, 0.5) is 9.59 Å². The van der Waals surface area contributed by atoms with Gasteiger partial charge in [-0.2, -0.15) is 23.5 Å². The number of urea groups is 2. The molecule has 9 nitrogen and oxygen atoms in total. The summed E-state index contributed by atoms with van der Waals surface area (Å²) >= 11 is 3.89. The summed E-state index contributed by atoms with van der Waals surface area (Å²) in [6.07, 6.45) is 8.41. The summed E-state index contributed by atoms with van der Waals surface area (Å²) in [5.41, 5.74) is 0.447. The molecule has 4 rings (SSSR count). The van der Waals surface area contributed by atoms with E-state index in [1.807, 2.05) is 23.5 Å². The van der Waals surface area contributed by atoms with Crippen LogP contribution in [0.1, 0.15) is 58.3 Å². The number of thioether (sulfide) groups is 2. The molecular formula is C24H40N4O5S2. The van der Waals surface area contributed by atoms with Crippen molar-refractivity contribution in [2.24, 2.45) is 0 Å². The number of aliphatic hydroxyl groups is 1. The van der Waals surface area contributed by atoms with Gasteiger partial charge in [-0.1, -0.05) is 32.3 Å². The molecule has 4 saturated heterocycles. The van der Waals surface area contributed by atoms with E-state index in [2.05, 4.69) is 27.8 Å². The van der Waals surface area contributed by atoms with Gasteiger partial charge in [0.15, 0.2) is 0 Å². The van der Waals surface area contributed by atoms with Crippen molar-refractivity contribution >= 4 is 41.6 Å². The van der Waals surface area contributed by atoms with Crippen LogP contribution in [0.3, 0.4) is 0 Å². The number of rotatable bonds is 12.